The molecule has 0 aliphatic carbocycles. The molecule has 2 aromatic rings. The van der Waals surface area contributed by atoms with Gasteiger partial charge in [0.2, 0.25) is 10.0 Å². The van der Waals surface area contributed by atoms with E-state index in [-0.39, 0.29) is 17.5 Å². The topological polar surface area (TPSA) is 66.4 Å². The first-order valence-electron chi connectivity index (χ1n) is 6.21. The predicted molar refractivity (Wildman–Crippen MR) is 80.2 cm³/mol. The number of aryl methyl sites for hydroxylation is 1. The lowest BCUT2D eigenvalue weighted by molar-refractivity contribution is 0.285. The third-order valence-corrected chi connectivity index (χ3v) is 5.83. The van der Waals surface area contributed by atoms with Crippen molar-refractivity contribution < 1.29 is 13.5 Å². The van der Waals surface area contributed by atoms with Crippen LogP contribution in [0.5, 0.6) is 0 Å². The Hall–Kier alpha value is -1.21. The molecule has 4 nitrogen and oxygen atoms in total. The van der Waals surface area contributed by atoms with E-state index in [4.69, 9.17) is 5.11 Å². The van der Waals surface area contributed by atoms with E-state index in [1.165, 1.54) is 17.4 Å². The molecule has 6 heteroatoms. The Morgan fingerprint density at radius 1 is 1.30 bits per heavy atom. The first-order valence-corrected chi connectivity index (χ1v) is 8.51. The molecule has 0 saturated heterocycles. The summed E-state index contributed by atoms with van der Waals surface area (Å²) < 4.78 is 27.4. The Morgan fingerprint density at radius 2 is 1.95 bits per heavy atom. The van der Waals surface area contributed by atoms with Crippen LogP contribution in [0.1, 0.15) is 28.3 Å². The number of aliphatic hydroxyl groups excluding tert-OH is 1. The van der Waals surface area contributed by atoms with Crippen molar-refractivity contribution in [3.05, 3.63) is 51.7 Å². The van der Waals surface area contributed by atoms with Crippen molar-refractivity contribution >= 4 is 21.4 Å². The highest BCUT2D eigenvalue weighted by Crippen LogP contribution is 2.27. The maximum Gasteiger partial charge on any atom is 0.242 e. The van der Waals surface area contributed by atoms with Crippen molar-refractivity contribution in [3.63, 3.8) is 0 Å². The zero-order valence-corrected chi connectivity index (χ0v) is 13.0. The number of thiophene rings is 1. The molecule has 0 aliphatic rings. The third kappa shape index (κ3) is 3.27. The van der Waals surface area contributed by atoms with Crippen LogP contribution >= 0.6 is 11.3 Å². The van der Waals surface area contributed by atoms with Crippen molar-refractivity contribution in [2.45, 2.75) is 31.4 Å². The lowest BCUT2D eigenvalue weighted by Gasteiger charge is -2.14. The number of aliphatic hydroxyl groups is 1. The minimum Gasteiger partial charge on any atom is -0.391 e. The number of hydrogen-bond donors (Lipinski definition) is 2. The van der Waals surface area contributed by atoms with Gasteiger partial charge in [0.1, 0.15) is 0 Å². The van der Waals surface area contributed by atoms with E-state index in [0.29, 0.717) is 9.75 Å². The van der Waals surface area contributed by atoms with Crippen LogP contribution in [-0.4, -0.2) is 13.5 Å². The van der Waals surface area contributed by atoms with Crippen molar-refractivity contribution in [2.24, 2.45) is 0 Å². The number of nitrogens with one attached hydrogen (secondary N) is 1. The molecule has 0 spiro atoms. The van der Waals surface area contributed by atoms with Gasteiger partial charge >= 0.3 is 0 Å². The van der Waals surface area contributed by atoms with Gasteiger partial charge in [-0.05, 0) is 25.5 Å². The molecule has 20 heavy (non-hydrogen) atoms. The standard InChI is InChI=1S/C14H17NO3S2/c1-10(12-6-4-3-5-7-12)15-20(17,18)14-8-13(9-16)19-11(14)2/h3-8,10,15-16H,9H2,1-2H3. The highest BCUT2D eigenvalue weighted by Gasteiger charge is 2.22. The fourth-order valence-corrected chi connectivity index (χ4v) is 4.70. The molecule has 1 heterocycles. The molecule has 1 aromatic heterocycles. The van der Waals surface area contributed by atoms with Crippen LogP contribution in [0.25, 0.3) is 0 Å². The van der Waals surface area contributed by atoms with Crippen LogP contribution in [0.2, 0.25) is 0 Å². The normalized spacial score (nSPS) is 13.3. The monoisotopic (exact) mass is 311 g/mol. The average molecular weight is 311 g/mol. The third-order valence-electron chi connectivity index (χ3n) is 3.00. The van der Waals surface area contributed by atoms with E-state index in [9.17, 15) is 8.42 Å². The van der Waals surface area contributed by atoms with E-state index < -0.39 is 10.0 Å². The molecule has 2 rings (SSSR count). The molecule has 0 aliphatic heterocycles. The van der Waals surface area contributed by atoms with Gasteiger partial charge in [-0.25, -0.2) is 13.1 Å². The number of sulfonamides is 1. The molecule has 0 bridgehead atoms. The van der Waals surface area contributed by atoms with Gasteiger partial charge in [0.15, 0.2) is 0 Å². The molecule has 1 atom stereocenters. The van der Waals surface area contributed by atoms with Crippen LogP contribution in [0.15, 0.2) is 41.3 Å². The molecule has 1 aromatic carbocycles. The zero-order chi connectivity index (χ0) is 14.8. The molecule has 0 fully saturated rings. The number of rotatable bonds is 5. The van der Waals surface area contributed by atoms with Crippen LogP contribution in [0.3, 0.4) is 0 Å². The van der Waals surface area contributed by atoms with Gasteiger partial charge < -0.3 is 5.11 Å². The van der Waals surface area contributed by atoms with Crippen molar-refractivity contribution in [1.82, 2.24) is 4.72 Å². The summed E-state index contributed by atoms with van der Waals surface area (Å²) in [6.45, 7) is 3.41. The second-order valence-electron chi connectivity index (χ2n) is 4.54. The molecule has 0 radical (unpaired) electrons. The largest absolute Gasteiger partial charge is 0.391 e. The fourth-order valence-electron chi connectivity index (χ4n) is 1.97. The van der Waals surface area contributed by atoms with Crippen LogP contribution in [0.4, 0.5) is 0 Å². The lowest BCUT2D eigenvalue weighted by Crippen LogP contribution is -2.27. The molecular formula is C14H17NO3S2. The first kappa shape index (κ1) is 15.2. The van der Waals surface area contributed by atoms with Crippen LogP contribution < -0.4 is 4.72 Å². The minimum atomic E-state index is -3.58. The summed E-state index contributed by atoms with van der Waals surface area (Å²) in [5.74, 6) is 0. The van der Waals surface area contributed by atoms with E-state index >= 15 is 0 Å². The maximum atomic E-state index is 12.4. The summed E-state index contributed by atoms with van der Waals surface area (Å²) >= 11 is 1.29. The van der Waals surface area contributed by atoms with Gasteiger partial charge in [-0.2, -0.15) is 0 Å². The van der Waals surface area contributed by atoms with Gasteiger partial charge in [0, 0.05) is 15.8 Å². The Bertz CT molecular complexity index is 678. The van der Waals surface area contributed by atoms with Crippen LogP contribution in [-0.2, 0) is 16.6 Å². The highest BCUT2D eigenvalue weighted by molar-refractivity contribution is 7.89. The molecule has 2 N–H and O–H groups in total. The number of hydrogen-bond acceptors (Lipinski definition) is 4. The van der Waals surface area contributed by atoms with Gasteiger partial charge in [-0.3, -0.25) is 0 Å². The van der Waals surface area contributed by atoms with Gasteiger partial charge in [-0.1, -0.05) is 30.3 Å². The Labute approximate surface area is 123 Å². The summed E-state index contributed by atoms with van der Waals surface area (Å²) in [7, 11) is -3.58. The maximum absolute atomic E-state index is 12.4. The molecular weight excluding hydrogens is 294 g/mol. The SMILES string of the molecule is Cc1sc(CO)cc1S(=O)(=O)NC(C)c1ccccc1. The second-order valence-corrected chi connectivity index (χ2v) is 7.57. The van der Waals surface area contributed by atoms with Crippen molar-refractivity contribution in [1.29, 1.82) is 0 Å². The molecule has 1 unspecified atom stereocenters. The van der Waals surface area contributed by atoms with Gasteiger partial charge in [0.25, 0.3) is 0 Å². The van der Waals surface area contributed by atoms with Crippen LogP contribution in [0, 0.1) is 6.92 Å². The van der Waals surface area contributed by atoms with E-state index in [1.54, 1.807) is 6.92 Å². The van der Waals surface area contributed by atoms with Crippen molar-refractivity contribution in [3.8, 4) is 0 Å². The van der Waals surface area contributed by atoms with Gasteiger partial charge in [0.05, 0.1) is 11.5 Å². The molecule has 0 amide bonds. The predicted octanol–water partition coefficient (Wildman–Crippen LogP) is 2.59. The second kappa shape index (κ2) is 6.05. The molecule has 0 saturated carbocycles. The van der Waals surface area contributed by atoms with Gasteiger partial charge in [-0.15, -0.1) is 11.3 Å². The lowest BCUT2D eigenvalue weighted by atomic mass is 10.1. The Balaban J connectivity index is 2.25. The smallest absolute Gasteiger partial charge is 0.242 e. The quantitative estimate of drug-likeness (QED) is 0.892. The summed E-state index contributed by atoms with van der Waals surface area (Å²) in [5, 5.41) is 9.10. The zero-order valence-electron chi connectivity index (χ0n) is 11.3. The average Bonchev–Trinajstić information content (AvgIpc) is 2.81. The summed E-state index contributed by atoms with van der Waals surface area (Å²) in [4.78, 5) is 1.58. The van der Waals surface area contributed by atoms with E-state index in [2.05, 4.69) is 4.72 Å². The Kier molecular flexibility index (Phi) is 4.59. The summed E-state index contributed by atoms with van der Waals surface area (Å²) in [5.41, 5.74) is 0.909. The van der Waals surface area contributed by atoms with Crippen molar-refractivity contribution in [2.75, 3.05) is 0 Å². The summed E-state index contributed by atoms with van der Waals surface area (Å²) in [6.07, 6.45) is 0. The molecule has 108 valence electrons. The van der Waals surface area contributed by atoms with E-state index in [0.717, 1.165) is 5.56 Å². The highest BCUT2D eigenvalue weighted by atomic mass is 32.2. The summed E-state index contributed by atoms with van der Waals surface area (Å²) in [6, 6.07) is 10.6. The number of benzene rings is 1. The van der Waals surface area contributed by atoms with E-state index in [1.807, 2.05) is 37.3 Å². The Morgan fingerprint density at radius 3 is 2.50 bits per heavy atom. The fraction of sp³-hybridized carbons (Fsp3) is 0.286. The minimum absolute atomic E-state index is 0.144. The first-order chi connectivity index (χ1) is 9.44.